The number of aliphatic hydroxyl groups excluding tert-OH is 1. The number of nitrogens with zero attached hydrogens (tertiary/aromatic N) is 1. The summed E-state index contributed by atoms with van der Waals surface area (Å²) >= 11 is 0. The summed E-state index contributed by atoms with van der Waals surface area (Å²) in [7, 11) is 1.53. The number of aliphatic hydroxyl groups is 1. The van der Waals surface area contributed by atoms with Crippen molar-refractivity contribution in [3.63, 3.8) is 0 Å². The van der Waals surface area contributed by atoms with Crippen LogP contribution in [0.5, 0.6) is 0 Å². The molecule has 1 amide bonds. The fourth-order valence-electron chi connectivity index (χ4n) is 6.93. The number of likely N-dealkylation sites (N-methyl/N-ethyl adjacent to an activating group) is 1. The fourth-order valence-corrected chi connectivity index (χ4v) is 7.67. The van der Waals surface area contributed by atoms with Crippen molar-refractivity contribution in [1.82, 2.24) is 5.32 Å². The van der Waals surface area contributed by atoms with E-state index in [2.05, 4.69) is 129 Å². The molecule has 0 radical (unpaired) electrons. The minimum absolute atomic E-state index is 0.0469. The average molecular weight is 966 g/mol. The van der Waals surface area contributed by atoms with E-state index in [4.69, 9.17) is 9.05 Å². The lowest BCUT2D eigenvalue weighted by molar-refractivity contribution is -0.870. The maximum atomic E-state index is 12.9. The third-order valence-electron chi connectivity index (χ3n) is 11.1. The number of rotatable bonds is 47. The van der Waals surface area contributed by atoms with E-state index in [0.717, 1.165) is 96.3 Å². The smallest absolute Gasteiger partial charge is 0.387 e. The van der Waals surface area contributed by atoms with E-state index in [1.165, 1.54) is 77.0 Å². The third kappa shape index (κ3) is 50.8. The molecule has 68 heavy (non-hydrogen) atoms. The van der Waals surface area contributed by atoms with Gasteiger partial charge < -0.3 is 19.8 Å². The second-order valence-corrected chi connectivity index (χ2v) is 20.3. The van der Waals surface area contributed by atoms with Crippen LogP contribution in [0.25, 0.3) is 0 Å². The lowest BCUT2D eigenvalue weighted by Gasteiger charge is -2.25. The van der Waals surface area contributed by atoms with Gasteiger partial charge in [0.15, 0.2) is 0 Å². The first kappa shape index (κ1) is 64.9. The highest BCUT2D eigenvalue weighted by Crippen LogP contribution is 2.43. The van der Waals surface area contributed by atoms with Crippen molar-refractivity contribution in [3.05, 3.63) is 122 Å². The SMILES string of the molecule is CC/C=C\C/C=C\C/C=C\C/C=C\C/C=C\C/C=C\C/C=C\CCCCCCCCCCCCCC(=O)NC(COP(=O)(O)OCC[N+](C)(C)C)C(O)/C=C/CC/C=C/CC/C=C/CCCCC. The van der Waals surface area contributed by atoms with Crippen LogP contribution in [0.1, 0.15) is 194 Å². The van der Waals surface area contributed by atoms with Crippen LogP contribution in [0.4, 0.5) is 0 Å². The van der Waals surface area contributed by atoms with Crippen molar-refractivity contribution in [3.8, 4) is 0 Å². The molecule has 0 aromatic rings. The summed E-state index contributed by atoms with van der Waals surface area (Å²) in [5, 5.41) is 13.8. The average Bonchev–Trinajstić information content (AvgIpc) is 3.30. The Morgan fingerprint density at radius 3 is 1.35 bits per heavy atom. The number of nitrogens with one attached hydrogen (secondary N) is 1. The molecule has 8 nitrogen and oxygen atoms in total. The Bertz CT molecular complexity index is 1510. The van der Waals surface area contributed by atoms with E-state index in [9.17, 15) is 19.4 Å². The number of hydrogen-bond donors (Lipinski definition) is 3. The maximum absolute atomic E-state index is 12.9. The summed E-state index contributed by atoms with van der Waals surface area (Å²) in [6, 6.07) is -0.878. The zero-order valence-electron chi connectivity index (χ0n) is 44.0. The summed E-state index contributed by atoms with van der Waals surface area (Å²) in [5.41, 5.74) is 0. The van der Waals surface area contributed by atoms with E-state index in [1.807, 2.05) is 27.2 Å². The number of hydrogen-bond acceptors (Lipinski definition) is 5. The molecule has 3 unspecified atom stereocenters. The fraction of sp³-hybridized carbons (Fsp3) is 0.644. The molecule has 0 aliphatic carbocycles. The Balaban J connectivity index is 4.19. The first-order chi connectivity index (χ1) is 33.0. The minimum atomic E-state index is -4.36. The first-order valence-corrected chi connectivity index (χ1v) is 28.4. The van der Waals surface area contributed by atoms with Crippen molar-refractivity contribution in [2.45, 2.75) is 206 Å². The molecule has 388 valence electrons. The topological polar surface area (TPSA) is 105 Å². The van der Waals surface area contributed by atoms with Gasteiger partial charge in [0.1, 0.15) is 13.2 Å². The molecule has 0 aliphatic heterocycles. The molecule has 0 bridgehead atoms. The largest absolute Gasteiger partial charge is 0.472 e. The molecular formula is C59H102N2O6P+. The van der Waals surface area contributed by atoms with Crippen LogP contribution in [0, 0.1) is 0 Å². The number of quaternary nitrogens is 1. The number of carbonyl (C=O) groups is 1. The van der Waals surface area contributed by atoms with Gasteiger partial charge in [-0.15, -0.1) is 0 Å². The van der Waals surface area contributed by atoms with Crippen LogP contribution in [-0.4, -0.2) is 73.4 Å². The standard InChI is InChI=1S/C59H101N2O6P/c1-6-8-10-12-14-16-18-20-21-22-23-24-25-26-27-28-29-30-31-32-33-34-35-36-37-38-39-41-43-45-47-49-51-53-59(63)60-57(56-67-68(64,65)66-55-54-61(3,4)5)58(62)52-50-48-46-44-42-40-19-17-15-13-11-9-7-2/h8,10,14-17,20-21,23-24,26-27,29-30,32-33,42,44,50,52,57-58,62H,6-7,9,11-13,18-19,22,25,28,31,34-41,43,45-49,51,53-56H2,1-5H3,(H-,60,63,64,65)/p+1/b10-8-,16-14-,17-15+,21-20-,24-23-,27-26-,30-29-,33-32-,44-42+,52-50+. The number of carbonyl (C=O) groups excluding carboxylic acids is 1. The van der Waals surface area contributed by atoms with Crippen LogP contribution in [0.2, 0.25) is 0 Å². The monoisotopic (exact) mass is 966 g/mol. The molecule has 9 heteroatoms. The third-order valence-corrected chi connectivity index (χ3v) is 12.1. The van der Waals surface area contributed by atoms with Gasteiger partial charge >= 0.3 is 7.82 Å². The minimum Gasteiger partial charge on any atom is -0.387 e. The molecule has 0 aromatic heterocycles. The molecule has 0 rings (SSSR count). The van der Waals surface area contributed by atoms with Crippen LogP contribution in [-0.2, 0) is 18.4 Å². The molecular weight excluding hydrogens is 864 g/mol. The van der Waals surface area contributed by atoms with E-state index >= 15 is 0 Å². The van der Waals surface area contributed by atoms with Crippen molar-refractivity contribution < 1.29 is 32.9 Å². The zero-order chi connectivity index (χ0) is 49.9. The van der Waals surface area contributed by atoms with Crippen LogP contribution >= 0.6 is 7.82 Å². The van der Waals surface area contributed by atoms with Crippen molar-refractivity contribution in [1.29, 1.82) is 0 Å². The van der Waals surface area contributed by atoms with Gasteiger partial charge in [-0.2, -0.15) is 0 Å². The van der Waals surface area contributed by atoms with Crippen LogP contribution < -0.4 is 5.32 Å². The summed E-state index contributed by atoms with van der Waals surface area (Å²) in [5.74, 6) is -0.201. The number of amides is 1. The van der Waals surface area contributed by atoms with Gasteiger partial charge in [-0.1, -0.05) is 206 Å². The summed E-state index contributed by atoms with van der Waals surface area (Å²) in [4.78, 5) is 23.2. The predicted molar refractivity (Wildman–Crippen MR) is 295 cm³/mol. The van der Waals surface area contributed by atoms with Gasteiger partial charge in [0, 0.05) is 6.42 Å². The van der Waals surface area contributed by atoms with Gasteiger partial charge in [0.2, 0.25) is 5.91 Å². The number of phosphoric ester groups is 1. The Hall–Kier alpha value is -3.10. The maximum Gasteiger partial charge on any atom is 0.472 e. The van der Waals surface area contributed by atoms with Gasteiger partial charge in [0.25, 0.3) is 0 Å². The predicted octanol–water partition coefficient (Wildman–Crippen LogP) is 16.2. The Kier molecular flexibility index (Phi) is 46.7. The second-order valence-electron chi connectivity index (χ2n) is 18.8. The van der Waals surface area contributed by atoms with Crippen molar-refractivity contribution >= 4 is 13.7 Å². The first-order valence-electron chi connectivity index (χ1n) is 26.9. The molecule has 0 aliphatic rings. The molecule has 0 aromatic carbocycles. The summed E-state index contributed by atoms with van der Waals surface area (Å²) in [6.45, 7) is 4.61. The number of unbranched alkanes of at least 4 members (excludes halogenated alkanes) is 16. The Labute approximate surface area is 418 Å². The van der Waals surface area contributed by atoms with E-state index < -0.39 is 20.0 Å². The normalized spacial score (nSPS) is 15.0. The van der Waals surface area contributed by atoms with Crippen molar-refractivity contribution in [2.75, 3.05) is 40.9 Å². The highest BCUT2D eigenvalue weighted by molar-refractivity contribution is 7.47. The molecule has 0 spiro atoms. The molecule has 0 fully saturated rings. The van der Waals surface area contributed by atoms with Crippen LogP contribution in [0.15, 0.2) is 122 Å². The molecule has 3 N–H and O–H groups in total. The molecule has 0 saturated heterocycles. The molecule has 3 atom stereocenters. The van der Waals surface area contributed by atoms with Gasteiger partial charge in [-0.25, -0.2) is 4.57 Å². The lowest BCUT2D eigenvalue weighted by atomic mass is 10.0. The quantitative estimate of drug-likeness (QED) is 0.0243. The summed E-state index contributed by atoms with van der Waals surface area (Å²) < 4.78 is 23.6. The van der Waals surface area contributed by atoms with Crippen molar-refractivity contribution in [2.24, 2.45) is 0 Å². The second kappa shape index (κ2) is 48.9. The van der Waals surface area contributed by atoms with Gasteiger partial charge in [-0.05, 0) is 103 Å². The van der Waals surface area contributed by atoms with E-state index in [-0.39, 0.29) is 19.1 Å². The van der Waals surface area contributed by atoms with Gasteiger partial charge in [-0.3, -0.25) is 13.8 Å². The Morgan fingerprint density at radius 1 is 0.515 bits per heavy atom. The molecule has 0 heterocycles. The van der Waals surface area contributed by atoms with Gasteiger partial charge in [0.05, 0.1) is 39.9 Å². The highest BCUT2D eigenvalue weighted by atomic mass is 31.2. The lowest BCUT2D eigenvalue weighted by Crippen LogP contribution is -2.45. The van der Waals surface area contributed by atoms with Crippen LogP contribution in [0.3, 0.4) is 0 Å². The summed E-state index contributed by atoms with van der Waals surface area (Å²) in [6.07, 6.45) is 73.0. The molecule has 0 saturated carbocycles. The highest BCUT2D eigenvalue weighted by Gasteiger charge is 2.27. The number of phosphoric acid groups is 1. The van der Waals surface area contributed by atoms with E-state index in [0.29, 0.717) is 17.4 Å². The Morgan fingerprint density at radius 2 is 0.897 bits per heavy atom. The van der Waals surface area contributed by atoms with E-state index in [1.54, 1.807) is 6.08 Å². The number of allylic oxidation sites excluding steroid dienone is 19. The zero-order valence-corrected chi connectivity index (χ0v) is 44.9.